The minimum Gasteiger partial charge on any atom is -0.497 e. The van der Waals surface area contributed by atoms with Crippen LogP contribution in [0.15, 0.2) is 84.2 Å². The number of nitrogens with one attached hydrogen (secondary N) is 1. The first kappa shape index (κ1) is 25.9. The predicted octanol–water partition coefficient (Wildman–Crippen LogP) is 5.27. The van der Waals surface area contributed by atoms with Crippen LogP contribution in [0.3, 0.4) is 0 Å². The molecule has 37 heavy (non-hydrogen) atoms. The summed E-state index contributed by atoms with van der Waals surface area (Å²) in [5.74, 6) is -0.679. The molecule has 4 rings (SSSR count). The van der Waals surface area contributed by atoms with Crippen LogP contribution in [0.2, 0.25) is 0 Å². The van der Waals surface area contributed by atoms with Crippen molar-refractivity contribution in [2.24, 2.45) is 0 Å². The quantitative estimate of drug-likeness (QED) is 0.283. The fourth-order valence-corrected chi connectivity index (χ4v) is 4.64. The monoisotopic (exact) mass is 515 g/mol. The van der Waals surface area contributed by atoms with Crippen molar-refractivity contribution in [1.82, 2.24) is 10.3 Å². The zero-order valence-electron chi connectivity index (χ0n) is 20.8. The number of benzene rings is 3. The van der Waals surface area contributed by atoms with E-state index < -0.39 is 17.9 Å². The molecule has 4 aromatic rings. The fourth-order valence-electron chi connectivity index (χ4n) is 3.78. The number of carboxylic acids is 1. The van der Waals surface area contributed by atoms with E-state index in [1.165, 1.54) is 12.5 Å². The Bertz CT molecular complexity index is 1320. The molecule has 0 bridgehead atoms. The highest BCUT2D eigenvalue weighted by atomic mass is 32.1. The van der Waals surface area contributed by atoms with Crippen molar-refractivity contribution in [3.05, 3.63) is 101 Å². The molecule has 7 nitrogen and oxygen atoms in total. The van der Waals surface area contributed by atoms with Gasteiger partial charge in [0.15, 0.2) is 5.13 Å². The van der Waals surface area contributed by atoms with E-state index in [1.54, 1.807) is 30.6 Å². The molecule has 1 aromatic heterocycles. The van der Waals surface area contributed by atoms with Gasteiger partial charge in [0.2, 0.25) is 0 Å². The van der Waals surface area contributed by atoms with Gasteiger partial charge in [0.05, 0.1) is 12.8 Å². The van der Waals surface area contributed by atoms with Gasteiger partial charge in [-0.3, -0.25) is 9.59 Å². The van der Waals surface area contributed by atoms with Crippen LogP contribution in [0.25, 0.3) is 11.3 Å². The number of amides is 1. The van der Waals surface area contributed by atoms with Crippen molar-refractivity contribution in [3.63, 3.8) is 0 Å². The number of ether oxygens (including phenoxy) is 1. The zero-order chi connectivity index (χ0) is 26.2. The maximum Gasteiger partial charge on any atom is 0.325 e. The highest BCUT2D eigenvalue weighted by Gasteiger charge is 2.17. The Labute approximate surface area is 220 Å². The second-order valence-corrected chi connectivity index (χ2v) is 9.47. The molecule has 0 spiro atoms. The highest BCUT2D eigenvalue weighted by molar-refractivity contribution is 7.14. The fraction of sp³-hybridized carbons (Fsp3) is 0.207. The SMILES string of the molecule is COc1ccc(-c2csc(N(CCc3ccccc3)Cc3ccc(C(=O)NC(C)C(=O)O)cc3)n2)cc1. The van der Waals surface area contributed by atoms with Crippen LogP contribution in [-0.2, 0) is 17.8 Å². The van der Waals surface area contributed by atoms with Crippen LogP contribution in [-0.4, -0.2) is 41.7 Å². The Morgan fingerprint density at radius 1 is 1.00 bits per heavy atom. The first-order chi connectivity index (χ1) is 17.9. The molecule has 1 heterocycles. The number of hydrogen-bond donors (Lipinski definition) is 2. The average Bonchev–Trinajstić information content (AvgIpc) is 3.42. The summed E-state index contributed by atoms with van der Waals surface area (Å²) in [6.45, 7) is 2.83. The smallest absolute Gasteiger partial charge is 0.325 e. The molecule has 0 radical (unpaired) electrons. The van der Waals surface area contributed by atoms with Gasteiger partial charge in [-0.25, -0.2) is 4.98 Å². The average molecular weight is 516 g/mol. The number of carbonyl (C=O) groups excluding carboxylic acids is 1. The Morgan fingerprint density at radius 2 is 1.70 bits per heavy atom. The standard InChI is InChI=1S/C29H29N3O4S/c1-20(28(34)35)30-27(33)24-10-8-22(9-11-24)18-32(17-16-21-6-4-3-5-7-21)29-31-26(19-37-29)23-12-14-25(36-2)15-13-23/h3-15,19-20H,16-18H2,1-2H3,(H,30,33)(H,34,35). The molecule has 190 valence electrons. The lowest BCUT2D eigenvalue weighted by atomic mass is 10.1. The van der Waals surface area contributed by atoms with Gasteiger partial charge in [-0.05, 0) is 60.9 Å². The van der Waals surface area contributed by atoms with Crippen LogP contribution in [0.1, 0.15) is 28.4 Å². The summed E-state index contributed by atoms with van der Waals surface area (Å²) in [5, 5.41) is 14.5. The van der Waals surface area contributed by atoms with Crippen molar-refractivity contribution < 1.29 is 19.4 Å². The van der Waals surface area contributed by atoms with Crippen LogP contribution in [0.4, 0.5) is 5.13 Å². The van der Waals surface area contributed by atoms with E-state index in [0.29, 0.717) is 12.1 Å². The number of carboxylic acid groups (broad SMARTS) is 1. The molecule has 0 aliphatic rings. The number of anilines is 1. The molecular formula is C29H29N3O4S. The first-order valence-corrected chi connectivity index (χ1v) is 12.8. The summed E-state index contributed by atoms with van der Waals surface area (Å²) in [4.78, 5) is 30.5. The van der Waals surface area contributed by atoms with Crippen molar-refractivity contribution in [2.45, 2.75) is 25.9 Å². The Morgan fingerprint density at radius 3 is 2.35 bits per heavy atom. The second-order valence-electron chi connectivity index (χ2n) is 8.63. The molecule has 0 saturated carbocycles. The van der Waals surface area contributed by atoms with Crippen LogP contribution < -0.4 is 15.0 Å². The van der Waals surface area contributed by atoms with E-state index in [0.717, 1.165) is 40.7 Å². The van der Waals surface area contributed by atoms with E-state index in [1.807, 2.05) is 54.6 Å². The third kappa shape index (κ3) is 6.95. The Balaban J connectivity index is 1.51. The van der Waals surface area contributed by atoms with Gasteiger partial charge in [-0.2, -0.15) is 0 Å². The Kier molecular flexibility index (Phi) is 8.53. The summed E-state index contributed by atoms with van der Waals surface area (Å²) >= 11 is 1.60. The number of hydrogen-bond acceptors (Lipinski definition) is 6. The number of thiazole rings is 1. The van der Waals surface area contributed by atoms with Gasteiger partial charge < -0.3 is 20.1 Å². The van der Waals surface area contributed by atoms with Crippen LogP contribution in [0, 0.1) is 0 Å². The summed E-state index contributed by atoms with van der Waals surface area (Å²) < 4.78 is 5.26. The maximum absolute atomic E-state index is 12.4. The highest BCUT2D eigenvalue weighted by Crippen LogP contribution is 2.29. The Hall–Kier alpha value is -4.17. The normalized spacial score (nSPS) is 11.5. The van der Waals surface area contributed by atoms with E-state index >= 15 is 0 Å². The minimum atomic E-state index is -1.07. The minimum absolute atomic E-state index is 0.411. The maximum atomic E-state index is 12.4. The molecule has 2 N–H and O–H groups in total. The van der Waals surface area contributed by atoms with E-state index in [9.17, 15) is 9.59 Å². The molecule has 1 unspecified atom stereocenters. The number of aromatic nitrogens is 1. The lowest BCUT2D eigenvalue weighted by Gasteiger charge is -2.22. The number of rotatable bonds is 11. The second kappa shape index (κ2) is 12.2. The number of nitrogens with zero attached hydrogens (tertiary/aromatic N) is 2. The zero-order valence-corrected chi connectivity index (χ0v) is 21.6. The third-order valence-electron chi connectivity index (χ3n) is 5.97. The van der Waals surface area contributed by atoms with Crippen molar-refractivity contribution >= 4 is 28.3 Å². The molecule has 0 fully saturated rings. The summed E-state index contributed by atoms with van der Waals surface area (Å²) in [5.41, 5.74) is 4.63. The van der Waals surface area contributed by atoms with Crippen LogP contribution in [0.5, 0.6) is 5.75 Å². The first-order valence-electron chi connectivity index (χ1n) is 11.9. The number of aliphatic carboxylic acids is 1. The summed E-state index contributed by atoms with van der Waals surface area (Å²) in [6, 6.07) is 24.5. The van der Waals surface area contributed by atoms with Gasteiger partial charge in [0.25, 0.3) is 5.91 Å². The van der Waals surface area contributed by atoms with Gasteiger partial charge in [-0.15, -0.1) is 11.3 Å². The van der Waals surface area contributed by atoms with Crippen LogP contribution >= 0.6 is 11.3 Å². The largest absolute Gasteiger partial charge is 0.497 e. The molecule has 8 heteroatoms. The third-order valence-corrected chi connectivity index (χ3v) is 6.87. The van der Waals surface area contributed by atoms with Gasteiger partial charge in [0, 0.05) is 29.6 Å². The van der Waals surface area contributed by atoms with E-state index in [2.05, 4.69) is 27.7 Å². The lowest BCUT2D eigenvalue weighted by molar-refractivity contribution is -0.138. The molecule has 3 aromatic carbocycles. The van der Waals surface area contributed by atoms with Gasteiger partial charge in [0.1, 0.15) is 11.8 Å². The molecule has 1 amide bonds. The lowest BCUT2D eigenvalue weighted by Crippen LogP contribution is -2.38. The molecule has 0 aliphatic carbocycles. The molecule has 1 atom stereocenters. The summed E-state index contributed by atoms with van der Waals surface area (Å²) in [6.07, 6.45) is 0.867. The molecular weight excluding hydrogens is 486 g/mol. The van der Waals surface area contributed by atoms with Crippen molar-refractivity contribution in [3.8, 4) is 17.0 Å². The van der Waals surface area contributed by atoms with Gasteiger partial charge in [-0.1, -0.05) is 42.5 Å². The molecule has 0 saturated heterocycles. The summed E-state index contributed by atoms with van der Waals surface area (Å²) in [7, 11) is 1.65. The topological polar surface area (TPSA) is 91.8 Å². The van der Waals surface area contributed by atoms with Crippen molar-refractivity contribution in [2.75, 3.05) is 18.6 Å². The molecule has 0 aliphatic heterocycles. The van der Waals surface area contributed by atoms with E-state index in [-0.39, 0.29) is 0 Å². The van der Waals surface area contributed by atoms with Gasteiger partial charge >= 0.3 is 5.97 Å². The van der Waals surface area contributed by atoms with E-state index in [4.69, 9.17) is 14.8 Å². The van der Waals surface area contributed by atoms with Crippen molar-refractivity contribution in [1.29, 1.82) is 0 Å². The predicted molar refractivity (Wildman–Crippen MR) is 146 cm³/mol. The number of methoxy groups -OCH3 is 1. The number of carbonyl (C=O) groups is 2.